The maximum atomic E-state index is 12.9. The van der Waals surface area contributed by atoms with Crippen LogP contribution in [0.3, 0.4) is 0 Å². The highest BCUT2D eigenvalue weighted by Crippen LogP contribution is 2.11. The molecular formula is C21H29N7O3. The quantitative estimate of drug-likeness (QED) is 0.558. The Labute approximate surface area is 180 Å². The van der Waals surface area contributed by atoms with Crippen LogP contribution in [0.4, 0.5) is 5.69 Å². The number of anilines is 1. The zero-order valence-electron chi connectivity index (χ0n) is 17.6. The van der Waals surface area contributed by atoms with E-state index in [1.165, 1.54) is 4.40 Å². The molecule has 2 aliphatic heterocycles. The average Bonchev–Trinajstić information content (AvgIpc) is 2.81. The van der Waals surface area contributed by atoms with Crippen molar-refractivity contribution >= 4 is 23.7 Å². The fourth-order valence-corrected chi connectivity index (χ4v) is 3.99. The Morgan fingerprint density at radius 2 is 1.90 bits per heavy atom. The first-order valence-corrected chi connectivity index (χ1v) is 10.8. The van der Waals surface area contributed by atoms with E-state index >= 15 is 0 Å². The molecule has 10 nitrogen and oxygen atoms in total. The van der Waals surface area contributed by atoms with Gasteiger partial charge < -0.3 is 20.4 Å². The molecule has 10 heteroatoms. The van der Waals surface area contributed by atoms with Crippen molar-refractivity contribution in [3.8, 4) is 0 Å². The van der Waals surface area contributed by atoms with Crippen molar-refractivity contribution in [2.24, 2.45) is 0 Å². The van der Waals surface area contributed by atoms with Gasteiger partial charge in [-0.05, 0) is 6.07 Å². The predicted octanol–water partition coefficient (Wildman–Crippen LogP) is -0.798. The Balaban J connectivity index is 1.37. The molecule has 0 spiro atoms. The van der Waals surface area contributed by atoms with E-state index in [9.17, 15) is 14.4 Å². The molecule has 2 N–H and O–H groups in total. The van der Waals surface area contributed by atoms with Gasteiger partial charge in [0.15, 0.2) is 0 Å². The number of piperazine rings is 2. The lowest BCUT2D eigenvalue weighted by Crippen LogP contribution is -2.45. The minimum absolute atomic E-state index is 0.0451. The first-order valence-electron chi connectivity index (χ1n) is 10.8. The lowest BCUT2D eigenvalue weighted by atomic mass is 10.2. The number of aromatic nitrogens is 2. The van der Waals surface area contributed by atoms with E-state index in [0.29, 0.717) is 43.0 Å². The standard InChI is InChI=1S/C21H29N7O3/c29-16-27-11-9-26(10-12-27)15-17-14-23-19-13-18(1-6-28(19)21(17)31)24-20(30)2-5-25-7-3-22-4-8-25/h1,6,13-14,16,22H,2-5,7-12,15H2,(H,24,30). The largest absolute Gasteiger partial charge is 0.343 e. The number of carbonyl (C=O) groups excluding carboxylic acids is 2. The molecule has 0 radical (unpaired) electrons. The van der Waals surface area contributed by atoms with E-state index in [2.05, 4.69) is 25.4 Å². The molecule has 0 bridgehead atoms. The predicted molar refractivity (Wildman–Crippen MR) is 117 cm³/mol. The van der Waals surface area contributed by atoms with Crippen molar-refractivity contribution < 1.29 is 9.59 Å². The fourth-order valence-electron chi connectivity index (χ4n) is 3.99. The van der Waals surface area contributed by atoms with Crippen molar-refractivity contribution in [3.63, 3.8) is 0 Å². The topological polar surface area (TPSA) is 102 Å². The van der Waals surface area contributed by atoms with Gasteiger partial charge in [0.2, 0.25) is 12.3 Å². The van der Waals surface area contributed by atoms with E-state index in [1.807, 2.05) is 0 Å². The summed E-state index contributed by atoms with van der Waals surface area (Å²) < 4.78 is 1.51. The number of nitrogens with zero attached hydrogens (tertiary/aromatic N) is 5. The molecule has 0 atom stereocenters. The lowest BCUT2D eigenvalue weighted by Gasteiger charge is -2.32. The molecule has 0 aromatic carbocycles. The maximum absolute atomic E-state index is 12.9. The van der Waals surface area contributed by atoms with Crippen LogP contribution in [0.5, 0.6) is 0 Å². The molecule has 4 heterocycles. The van der Waals surface area contributed by atoms with Crippen LogP contribution in [0.15, 0.2) is 29.3 Å². The molecule has 2 aromatic heterocycles. The minimum Gasteiger partial charge on any atom is -0.343 e. The summed E-state index contributed by atoms with van der Waals surface area (Å²) in [6, 6.07) is 3.45. The highest BCUT2D eigenvalue weighted by Gasteiger charge is 2.17. The Bertz CT molecular complexity index is 979. The van der Waals surface area contributed by atoms with E-state index < -0.39 is 0 Å². The summed E-state index contributed by atoms with van der Waals surface area (Å²) in [4.78, 5) is 46.6. The second-order valence-corrected chi connectivity index (χ2v) is 8.04. The first kappa shape index (κ1) is 21.4. The molecule has 2 saturated heterocycles. The van der Waals surface area contributed by atoms with Gasteiger partial charge in [0, 0.05) is 96.0 Å². The number of hydrogen-bond acceptors (Lipinski definition) is 7. The van der Waals surface area contributed by atoms with Crippen LogP contribution in [0.1, 0.15) is 12.0 Å². The summed E-state index contributed by atoms with van der Waals surface area (Å²) in [5, 5.41) is 6.21. The Morgan fingerprint density at radius 1 is 1.13 bits per heavy atom. The molecule has 0 aliphatic carbocycles. The highest BCUT2D eigenvalue weighted by atomic mass is 16.2. The Hall–Kier alpha value is -2.82. The summed E-state index contributed by atoms with van der Waals surface area (Å²) in [5.41, 5.74) is 1.64. The second-order valence-electron chi connectivity index (χ2n) is 8.04. The molecular weight excluding hydrogens is 398 g/mol. The van der Waals surface area contributed by atoms with Gasteiger partial charge in [-0.3, -0.25) is 23.7 Å². The number of pyridine rings is 1. The monoisotopic (exact) mass is 427 g/mol. The summed E-state index contributed by atoms with van der Waals surface area (Å²) >= 11 is 0. The van der Waals surface area contributed by atoms with Crippen molar-refractivity contribution in [1.29, 1.82) is 0 Å². The molecule has 4 rings (SSSR count). The summed E-state index contributed by atoms with van der Waals surface area (Å²) in [6.07, 6.45) is 4.57. The lowest BCUT2D eigenvalue weighted by molar-refractivity contribution is -0.119. The van der Waals surface area contributed by atoms with Gasteiger partial charge >= 0.3 is 0 Å². The average molecular weight is 428 g/mol. The van der Waals surface area contributed by atoms with Crippen molar-refractivity contribution in [2.75, 3.05) is 64.2 Å². The van der Waals surface area contributed by atoms with Crippen molar-refractivity contribution in [3.05, 3.63) is 40.4 Å². The van der Waals surface area contributed by atoms with E-state index in [0.717, 1.165) is 52.2 Å². The van der Waals surface area contributed by atoms with Crippen LogP contribution in [-0.4, -0.2) is 95.3 Å². The molecule has 2 aliphatic rings. The zero-order valence-corrected chi connectivity index (χ0v) is 17.6. The molecule has 0 unspecified atom stereocenters. The number of fused-ring (bicyclic) bond motifs is 1. The maximum Gasteiger partial charge on any atom is 0.262 e. The van der Waals surface area contributed by atoms with Crippen molar-refractivity contribution in [1.82, 2.24) is 29.4 Å². The zero-order chi connectivity index (χ0) is 21.6. The molecule has 2 fully saturated rings. The van der Waals surface area contributed by atoms with Gasteiger partial charge in [-0.15, -0.1) is 0 Å². The van der Waals surface area contributed by atoms with Gasteiger partial charge in [-0.25, -0.2) is 4.98 Å². The third-order valence-corrected chi connectivity index (χ3v) is 5.88. The van der Waals surface area contributed by atoms with E-state index in [4.69, 9.17) is 0 Å². The SMILES string of the molecule is O=CN1CCN(Cc2cnc3cc(NC(=O)CCN4CCNCC4)ccn3c2=O)CC1. The molecule has 2 aromatic rings. The highest BCUT2D eigenvalue weighted by molar-refractivity contribution is 5.91. The van der Waals surface area contributed by atoms with Gasteiger partial charge in [0.05, 0.1) is 5.56 Å². The molecule has 31 heavy (non-hydrogen) atoms. The smallest absolute Gasteiger partial charge is 0.262 e. The molecule has 166 valence electrons. The molecule has 2 amide bonds. The van der Waals surface area contributed by atoms with Crippen LogP contribution in [-0.2, 0) is 16.1 Å². The number of carbonyl (C=O) groups is 2. The second kappa shape index (κ2) is 9.99. The third-order valence-electron chi connectivity index (χ3n) is 5.88. The van der Waals surface area contributed by atoms with Gasteiger partial charge in [-0.2, -0.15) is 0 Å². The van der Waals surface area contributed by atoms with Crippen molar-refractivity contribution in [2.45, 2.75) is 13.0 Å². The number of amides is 2. The van der Waals surface area contributed by atoms with Gasteiger partial charge in [0.25, 0.3) is 5.56 Å². The summed E-state index contributed by atoms with van der Waals surface area (Å²) in [7, 11) is 0. The van der Waals surface area contributed by atoms with E-state index in [1.54, 1.807) is 29.4 Å². The number of rotatable bonds is 7. The number of hydrogen-bond donors (Lipinski definition) is 2. The third kappa shape index (κ3) is 5.46. The van der Waals surface area contributed by atoms with Crippen LogP contribution >= 0.6 is 0 Å². The minimum atomic E-state index is -0.112. The van der Waals surface area contributed by atoms with Crippen LogP contribution in [0, 0.1) is 0 Å². The summed E-state index contributed by atoms with van der Waals surface area (Å²) in [6.45, 7) is 7.91. The van der Waals surface area contributed by atoms with Gasteiger partial charge in [-0.1, -0.05) is 0 Å². The van der Waals surface area contributed by atoms with Crippen LogP contribution in [0.2, 0.25) is 0 Å². The van der Waals surface area contributed by atoms with Gasteiger partial charge in [0.1, 0.15) is 5.65 Å². The summed E-state index contributed by atoms with van der Waals surface area (Å²) in [5.74, 6) is -0.0451. The normalized spacial score (nSPS) is 18.3. The Kier molecular flexibility index (Phi) is 6.90. The van der Waals surface area contributed by atoms with Crippen LogP contribution < -0.4 is 16.2 Å². The Morgan fingerprint density at radius 3 is 2.65 bits per heavy atom. The first-order chi connectivity index (χ1) is 15.1. The van der Waals surface area contributed by atoms with Crippen LogP contribution in [0.25, 0.3) is 5.65 Å². The number of nitrogens with one attached hydrogen (secondary N) is 2. The fraction of sp³-hybridized carbons (Fsp3) is 0.524. The molecule has 0 saturated carbocycles. The van der Waals surface area contributed by atoms with E-state index in [-0.39, 0.29) is 11.5 Å².